The Morgan fingerprint density at radius 2 is 1.69 bits per heavy atom. The van der Waals surface area contributed by atoms with Gasteiger partial charge in [0.05, 0.1) is 6.54 Å². The summed E-state index contributed by atoms with van der Waals surface area (Å²) in [7, 11) is 2.03. The quantitative estimate of drug-likeness (QED) is 0.470. The van der Waals surface area contributed by atoms with Gasteiger partial charge in [0.2, 0.25) is 5.69 Å². The van der Waals surface area contributed by atoms with E-state index in [9.17, 15) is 4.39 Å². The van der Waals surface area contributed by atoms with E-state index in [1.165, 1.54) is 11.5 Å². The molecule has 0 fully saturated rings. The van der Waals surface area contributed by atoms with E-state index in [2.05, 4.69) is 45.7 Å². The minimum Gasteiger partial charge on any atom is -0.342 e. The van der Waals surface area contributed by atoms with Gasteiger partial charge in [0.15, 0.2) is 6.20 Å². The van der Waals surface area contributed by atoms with Crippen LogP contribution in [0.1, 0.15) is 16.8 Å². The number of rotatable bonds is 4. The predicted molar refractivity (Wildman–Crippen MR) is 104 cm³/mol. The molecular formula is C23H20FN2+. The highest BCUT2D eigenvalue weighted by molar-refractivity contribution is 5.91. The number of aromatic nitrogens is 2. The molecule has 0 unspecified atom stereocenters. The lowest BCUT2D eigenvalue weighted by Gasteiger charge is -2.06. The fourth-order valence-electron chi connectivity index (χ4n) is 3.23. The molecule has 2 aromatic carbocycles. The van der Waals surface area contributed by atoms with Gasteiger partial charge in [-0.15, -0.1) is 0 Å². The van der Waals surface area contributed by atoms with Gasteiger partial charge in [-0.05, 0) is 24.3 Å². The van der Waals surface area contributed by atoms with E-state index < -0.39 is 0 Å². The van der Waals surface area contributed by atoms with Crippen LogP contribution in [-0.2, 0) is 13.6 Å². The van der Waals surface area contributed by atoms with Crippen LogP contribution < -0.4 is 4.57 Å². The van der Waals surface area contributed by atoms with Crippen LogP contribution in [0.4, 0.5) is 4.39 Å². The first-order valence-electron chi connectivity index (χ1n) is 8.66. The van der Waals surface area contributed by atoms with Crippen LogP contribution in [0.5, 0.6) is 0 Å². The van der Waals surface area contributed by atoms with Gasteiger partial charge in [-0.25, -0.2) is 8.96 Å². The van der Waals surface area contributed by atoms with Crippen molar-refractivity contribution in [3.63, 3.8) is 0 Å². The number of pyridine rings is 1. The van der Waals surface area contributed by atoms with Crippen LogP contribution >= 0.6 is 0 Å². The van der Waals surface area contributed by atoms with Gasteiger partial charge in [0.1, 0.15) is 12.9 Å². The molecule has 0 radical (unpaired) electrons. The summed E-state index contributed by atoms with van der Waals surface area (Å²) in [6.07, 6.45) is 8.35. The lowest BCUT2D eigenvalue weighted by Crippen LogP contribution is -2.30. The zero-order valence-corrected chi connectivity index (χ0v) is 14.6. The van der Waals surface area contributed by atoms with Crippen molar-refractivity contribution in [2.24, 2.45) is 7.05 Å². The third kappa shape index (κ3) is 3.16. The molecule has 2 heterocycles. The Kier molecular flexibility index (Phi) is 4.36. The number of benzene rings is 2. The highest BCUT2D eigenvalue weighted by atomic mass is 19.1. The minimum absolute atomic E-state index is 0.168. The number of hydrogen-bond acceptors (Lipinski definition) is 0. The van der Waals surface area contributed by atoms with Crippen molar-refractivity contribution in [2.75, 3.05) is 0 Å². The molecule has 0 spiro atoms. The van der Waals surface area contributed by atoms with Gasteiger partial charge in [-0.3, -0.25) is 0 Å². The Labute approximate surface area is 152 Å². The molecule has 4 aromatic rings. The molecule has 2 aromatic heterocycles. The van der Waals surface area contributed by atoms with Gasteiger partial charge >= 0.3 is 0 Å². The highest BCUT2D eigenvalue weighted by Crippen LogP contribution is 2.24. The lowest BCUT2D eigenvalue weighted by atomic mass is 10.1. The van der Waals surface area contributed by atoms with Crippen LogP contribution in [0.3, 0.4) is 0 Å². The normalized spacial score (nSPS) is 11.5. The molecule has 0 saturated heterocycles. The number of fused-ring (bicyclic) bond motifs is 1. The second-order valence-corrected chi connectivity index (χ2v) is 6.39. The first-order chi connectivity index (χ1) is 12.7. The first-order valence-corrected chi connectivity index (χ1v) is 8.66. The molecule has 0 bridgehead atoms. The van der Waals surface area contributed by atoms with Crippen molar-refractivity contribution in [3.8, 4) is 0 Å². The van der Waals surface area contributed by atoms with Crippen molar-refractivity contribution >= 4 is 23.1 Å². The maximum atomic E-state index is 14.1. The van der Waals surface area contributed by atoms with Crippen molar-refractivity contribution in [2.45, 2.75) is 6.54 Å². The van der Waals surface area contributed by atoms with Crippen LogP contribution in [0, 0.1) is 5.82 Å². The Morgan fingerprint density at radius 3 is 2.54 bits per heavy atom. The van der Waals surface area contributed by atoms with E-state index in [-0.39, 0.29) is 5.82 Å². The van der Waals surface area contributed by atoms with Gasteiger partial charge in [-0.2, -0.15) is 0 Å². The zero-order chi connectivity index (χ0) is 17.9. The average molecular weight is 343 g/mol. The number of nitrogens with zero attached hydrogens (tertiary/aromatic N) is 2. The van der Waals surface area contributed by atoms with Gasteiger partial charge in [0, 0.05) is 46.4 Å². The van der Waals surface area contributed by atoms with E-state index in [1.807, 2.05) is 49.6 Å². The molecule has 0 aliphatic carbocycles. The Bertz CT molecular complexity index is 1090. The summed E-state index contributed by atoms with van der Waals surface area (Å²) in [5.74, 6) is -0.168. The number of halogens is 1. The Hall–Kier alpha value is -3.20. The minimum atomic E-state index is -0.168. The molecule has 128 valence electrons. The standard InChI is InChI=1S/C23H20FN2/c1-25-15-7-6-9-20(25)14-13-18-16-26(23-12-5-3-10-21(18)23)17-19-8-2-4-11-22(19)24/h2-16H,17H2,1H3/q+1. The third-order valence-electron chi connectivity index (χ3n) is 4.65. The third-order valence-corrected chi connectivity index (χ3v) is 4.65. The predicted octanol–water partition coefficient (Wildman–Crippen LogP) is 4.82. The molecule has 0 N–H and O–H groups in total. The SMILES string of the molecule is C[n+]1ccccc1/C=C/c1cn(Cc2ccccc2F)c2ccccc12. The van der Waals surface area contributed by atoms with E-state index in [0.717, 1.165) is 16.8 Å². The smallest absolute Gasteiger partial charge is 0.204 e. The van der Waals surface area contributed by atoms with Crippen LogP contribution in [0.25, 0.3) is 23.1 Å². The van der Waals surface area contributed by atoms with Crippen molar-refractivity contribution in [1.82, 2.24) is 4.57 Å². The second kappa shape index (κ2) is 6.96. The Morgan fingerprint density at radius 1 is 0.923 bits per heavy atom. The van der Waals surface area contributed by atoms with Crippen molar-refractivity contribution < 1.29 is 8.96 Å². The van der Waals surface area contributed by atoms with E-state index in [0.29, 0.717) is 12.1 Å². The summed E-state index contributed by atoms with van der Waals surface area (Å²) >= 11 is 0. The first kappa shape index (κ1) is 16.3. The molecule has 4 rings (SSSR count). The van der Waals surface area contributed by atoms with E-state index >= 15 is 0 Å². The summed E-state index contributed by atoms with van der Waals surface area (Å²) in [5.41, 5.74) is 4.05. The van der Waals surface area contributed by atoms with Gasteiger partial charge in [0.25, 0.3) is 0 Å². The molecule has 0 amide bonds. The molecule has 26 heavy (non-hydrogen) atoms. The van der Waals surface area contributed by atoms with E-state index in [1.54, 1.807) is 6.07 Å². The monoisotopic (exact) mass is 343 g/mol. The largest absolute Gasteiger partial charge is 0.342 e. The maximum Gasteiger partial charge on any atom is 0.204 e. The molecule has 3 heteroatoms. The number of aryl methyl sites for hydroxylation is 1. The Balaban J connectivity index is 1.75. The van der Waals surface area contributed by atoms with Crippen LogP contribution in [0.15, 0.2) is 79.1 Å². The molecule has 0 atom stereocenters. The second-order valence-electron chi connectivity index (χ2n) is 6.39. The topological polar surface area (TPSA) is 8.81 Å². The van der Waals surface area contributed by atoms with Crippen LogP contribution in [0.2, 0.25) is 0 Å². The molecule has 0 aliphatic rings. The van der Waals surface area contributed by atoms with Gasteiger partial charge in [-0.1, -0.05) is 36.4 Å². The average Bonchev–Trinajstić information content (AvgIpc) is 3.01. The highest BCUT2D eigenvalue weighted by Gasteiger charge is 2.09. The zero-order valence-electron chi connectivity index (χ0n) is 14.6. The maximum absolute atomic E-state index is 14.1. The molecule has 2 nitrogen and oxygen atoms in total. The summed E-state index contributed by atoms with van der Waals surface area (Å²) < 4.78 is 18.3. The lowest BCUT2D eigenvalue weighted by molar-refractivity contribution is -0.673. The molecule has 0 saturated carbocycles. The number of hydrogen-bond donors (Lipinski definition) is 0. The fraction of sp³-hybridized carbons (Fsp3) is 0.0870. The van der Waals surface area contributed by atoms with Gasteiger partial charge < -0.3 is 4.57 Å². The number of para-hydroxylation sites is 1. The summed E-state index contributed by atoms with van der Waals surface area (Å²) in [5, 5.41) is 1.17. The molecular weight excluding hydrogens is 323 g/mol. The summed E-state index contributed by atoms with van der Waals surface area (Å²) in [6.45, 7) is 0.514. The van der Waals surface area contributed by atoms with Crippen molar-refractivity contribution in [3.05, 3.63) is 102 Å². The van der Waals surface area contributed by atoms with Crippen LogP contribution in [-0.4, -0.2) is 4.57 Å². The summed E-state index contributed by atoms with van der Waals surface area (Å²) in [4.78, 5) is 0. The van der Waals surface area contributed by atoms with Crippen molar-refractivity contribution in [1.29, 1.82) is 0 Å². The van der Waals surface area contributed by atoms with E-state index in [4.69, 9.17) is 0 Å². The summed E-state index contributed by atoms with van der Waals surface area (Å²) in [6, 6.07) is 21.3. The molecule has 0 aliphatic heterocycles. The fourth-order valence-corrected chi connectivity index (χ4v) is 3.23.